The summed E-state index contributed by atoms with van der Waals surface area (Å²) in [5.41, 5.74) is 3.58. The van der Waals surface area contributed by atoms with Gasteiger partial charge in [-0.15, -0.1) is 0 Å². The predicted molar refractivity (Wildman–Crippen MR) is 130 cm³/mol. The van der Waals surface area contributed by atoms with E-state index in [-0.39, 0.29) is 16.7 Å². The van der Waals surface area contributed by atoms with Crippen molar-refractivity contribution in [1.29, 1.82) is 0 Å². The number of fused-ring (bicyclic) bond motifs is 1. The van der Waals surface area contributed by atoms with Gasteiger partial charge in [-0.25, -0.2) is 0 Å². The van der Waals surface area contributed by atoms with Crippen molar-refractivity contribution in [1.82, 2.24) is 10.3 Å². The molecule has 1 aromatic heterocycles. The zero-order chi connectivity index (χ0) is 22.5. The molecule has 1 N–H and O–H groups in total. The van der Waals surface area contributed by atoms with Crippen molar-refractivity contribution in [3.63, 3.8) is 0 Å². The average Bonchev–Trinajstić information content (AvgIpc) is 2.83. The van der Waals surface area contributed by atoms with E-state index < -0.39 is 0 Å². The highest BCUT2D eigenvalue weighted by Gasteiger charge is 2.60. The number of para-hydroxylation sites is 1. The van der Waals surface area contributed by atoms with Gasteiger partial charge in [0.2, 0.25) is 5.91 Å². The van der Waals surface area contributed by atoms with Crippen LogP contribution in [0.4, 0.5) is 0 Å². The molecule has 4 saturated carbocycles. The number of nitrogens with zero attached hydrogens (tertiary/aromatic N) is 1. The highest BCUT2D eigenvalue weighted by molar-refractivity contribution is 5.84. The molecular weight excluding hydrogens is 408 g/mol. The minimum atomic E-state index is -0.207. The molecule has 4 aliphatic carbocycles. The molecule has 2 atom stereocenters. The fourth-order valence-electron chi connectivity index (χ4n) is 7.68. The number of pyridine rings is 1. The molecule has 4 bridgehead atoms. The Hall–Kier alpha value is -2.88. The first kappa shape index (κ1) is 20.7. The van der Waals surface area contributed by atoms with E-state index in [0.29, 0.717) is 18.4 Å². The molecule has 4 nitrogen and oxygen atoms in total. The first-order valence-corrected chi connectivity index (χ1v) is 12.3. The van der Waals surface area contributed by atoms with Gasteiger partial charge in [-0.1, -0.05) is 36.4 Å². The normalized spacial score (nSPS) is 29.8. The van der Waals surface area contributed by atoms with Gasteiger partial charge < -0.3 is 10.1 Å². The van der Waals surface area contributed by atoms with Gasteiger partial charge in [0.1, 0.15) is 5.75 Å². The summed E-state index contributed by atoms with van der Waals surface area (Å²) < 4.78 is 5.39. The van der Waals surface area contributed by atoms with Crippen molar-refractivity contribution in [3.05, 3.63) is 71.9 Å². The first-order valence-electron chi connectivity index (χ1n) is 12.3. The molecule has 4 fully saturated rings. The third-order valence-electron chi connectivity index (χ3n) is 8.64. The molecule has 170 valence electrons. The molecule has 0 unspecified atom stereocenters. The minimum absolute atomic E-state index is 0.146. The fourth-order valence-corrected chi connectivity index (χ4v) is 7.68. The molecular formula is C29H32N2O2. The van der Waals surface area contributed by atoms with Crippen LogP contribution in [0, 0.1) is 17.3 Å². The van der Waals surface area contributed by atoms with E-state index in [1.807, 2.05) is 12.3 Å². The second kappa shape index (κ2) is 7.86. The summed E-state index contributed by atoms with van der Waals surface area (Å²) in [5, 5.41) is 4.51. The molecule has 0 saturated heterocycles. The van der Waals surface area contributed by atoms with Gasteiger partial charge in [-0.3, -0.25) is 9.78 Å². The van der Waals surface area contributed by atoms with Crippen LogP contribution in [0.25, 0.3) is 10.9 Å². The Bertz CT molecular complexity index is 1170. The van der Waals surface area contributed by atoms with Crippen LogP contribution in [0.2, 0.25) is 0 Å². The monoisotopic (exact) mass is 440 g/mol. The first-order chi connectivity index (χ1) is 16.1. The summed E-state index contributed by atoms with van der Waals surface area (Å²) in [6.45, 7) is 0.668. The van der Waals surface area contributed by atoms with Crippen molar-refractivity contribution in [2.45, 2.75) is 50.4 Å². The number of rotatable bonds is 6. The summed E-state index contributed by atoms with van der Waals surface area (Å²) in [6.07, 6.45) is 9.52. The maximum Gasteiger partial charge on any atom is 0.226 e. The second-order valence-corrected chi connectivity index (χ2v) is 10.7. The maximum absolute atomic E-state index is 13.7. The smallest absolute Gasteiger partial charge is 0.226 e. The summed E-state index contributed by atoms with van der Waals surface area (Å²) in [5.74, 6) is 2.52. The quantitative estimate of drug-likeness (QED) is 0.555. The Kier molecular flexibility index (Phi) is 4.93. The summed E-state index contributed by atoms with van der Waals surface area (Å²) in [7, 11) is 1.72. The number of amides is 1. The number of carbonyl (C=O) groups is 1. The molecule has 0 spiro atoms. The highest BCUT2D eigenvalue weighted by atomic mass is 16.5. The van der Waals surface area contributed by atoms with Gasteiger partial charge in [0, 0.05) is 18.1 Å². The Morgan fingerprint density at radius 1 is 1.03 bits per heavy atom. The molecule has 2 aromatic carbocycles. The van der Waals surface area contributed by atoms with Crippen molar-refractivity contribution >= 4 is 16.8 Å². The van der Waals surface area contributed by atoms with E-state index in [0.717, 1.165) is 42.3 Å². The average molecular weight is 441 g/mol. The van der Waals surface area contributed by atoms with Crippen LogP contribution in [0.15, 0.2) is 60.8 Å². The molecule has 3 aromatic rings. The number of aromatic nitrogens is 1. The lowest BCUT2D eigenvalue weighted by Gasteiger charge is -2.61. The standard InChI is InChI=1S/C29H32N2O2/c1-33-25-9-7-24(8-10-25)28-15-20-14-21(16-28)18-29(17-20,19-28)27(32)31-13-11-23-5-2-4-22-6-3-12-30-26(22)23/h2-10,12,20-21H,11,13-19H2,1H3,(H,31,32)/t20-,21-,28?,29?/m1/s1. The van der Waals surface area contributed by atoms with Crippen LogP contribution < -0.4 is 10.1 Å². The fraction of sp³-hybridized carbons (Fsp3) is 0.448. The van der Waals surface area contributed by atoms with Crippen molar-refractivity contribution in [2.75, 3.05) is 13.7 Å². The number of nitrogens with one attached hydrogen (secondary N) is 1. The van der Waals surface area contributed by atoms with Crippen LogP contribution in [-0.2, 0) is 16.6 Å². The molecule has 33 heavy (non-hydrogen) atoms. The van der Waals surface area contributed by atoms with E-state index in [4.69, 9.17) is 4.74 Å². The number of ether oxygens (including phenoxy) is 1. The number of hydrogen-bond donors (Lipinski definition) is 1. The van der Waals surface area contributed by atoms with Crippen molar-refractivity contribution in [2.24, 2.45) is 17.3 Å². The van der Waals surface area contributed by atoms with Crippen molar-refractivity contribution < 1.29 is 9.53 Å². The molecule has 1 heterocycles. The number of hydrogen-bond acceptors (Lipinski definition) is 3. The van der Waals surface area contributed by atoms with E-state index in [1.165, 1.54) is 30.4 Å². The molecule has 1 amide bonds. The van der Waals surface area contributed by atoms with E-state index >= 15 is 0 Å². The Balaban J connectivity index is 1.20. The summed E-state index contributed by atoms with van der Waals surface area (Å²) >= 11 is 0. The minimum Gasteiger partial charge on any atom is -0.497 e. The molecule has 0 aliphatic heterocycles. The Morgan fingerprint density at radius 2 is 1.79 bits per heavy atom. The van der Waals surface area contributed by atoms with Gasteiger partial charge in [-0.05, 0) is 91.5 Å². The Labute approximate surface area is 195 Å². The second-order valence-electron chi connectivity index (χ2n) is 10.7. The summed E-state index contributed by atoms with van der Waals surface area (Å²) in [6, 6.07) is 19.0. The lowest BCUT2D eigenvalue weighted by molar-refractivity contribution is -0.149. The third kappa shape index (κ3) is 3.51. The topological polar surface area (TPSA) is 51.2 Å². The third-order valence-corrected chi connectivity index (χ3v) is 8.64. The van der Waals surface area contributed by atoms with Gasteiger partial charge in [0.15, 0.2) is 0 Å². The van der Waals surface area contributed by atoms with Gasteiger partial charge >= 0.3 is 0 Å². The molecule has 7 rings (SSSR count). The van der Waals surface area contributed by atoms with Gasteiger partial charge in [0.05, 0.1) is 18.0 Å². The largest absolute Gasteiger partial charge is 0.497 e. The van der Waals surface area contributed by atoms with Crippen LogP contribution in [0.1, 0.15) is 49.7 Å². The van der Waals surface area contributed by atoms with E-state index in [9.17, 15) is 4.79 Å². The summed E-state index contributed by atoms with van der Waals surface area (Å²) in [4.78, 5) is 18.2. The Morgan fingerprint density at radius 3 is 2.55 bits per heavy atom. The van der Waals surface area contributed by atoms with Crippen LogP contribution >= 0.6 is 0 Å². The van der Waals surface area contributed by atoms with E-state index in [2.05, 4.69) is 58.8 Å². The SMILES string of the molecule is COc1ccc(C23C[C@H]4C[C@@H](CC(C(=O)NCCc5cccc6cccnc56)(C4)C2)C3)cc1. The zero-order valence-electron chi connectivity index (χ0n) is 19.3. The van der Waals surface area contributed by atoms with Crippen LogP contribution in [0.5, 0.6) is 5.75 Å². The zero-order valence-corrected chi connectivity index (χ0v) is 19.3. The van der Waals surface area contributed by atoms with Crippen molar-refractivity contribution in [3.8, 4) is 5.75 Å². The number of methoxy groups -OCH3 is 1. The van der Waals surface area contributed by atoms with Gasteiger partial charge in [0.25, 0.3) is 0 Å². The number of benzene rings is 2. The lowest BCUT2D eigenvalue weighted by atomic mass is 9.42. The lowest BCUT2D eigenvalue weighted by Crippen LogP contribution is -2.59. The molecule has 4 aliphatic rings. The van der Waals surface area contributed by atoms with Crippen LogP contribution in [-0.4, -0.2) is 24.5 Å². The van der Waals surface area contributed by atoms with E-state index in [1.54, 1.807) is 7.11 Å². The molecule has 0 radical (unpaired) electrons. The number of carbonyl (C=O) groups excluding carboxylic acids is 1. The van der Waals surface area contributed by atoms with Crippen LogP contribution in [0.3, 0.4) is 0 Å². The highest BCUT2D eigenvalue weighted by Crippen LogP contribution is 2.65. The van der Waals surface area contributed by atoms with Gasteiger partial charge in [-0.2, -0.15) is 0 Å². The maximum atomic E-state index is 13.7. The molecule has 4 heteroatoms. The predicted octanol–water partition coefficient (Wildman–Crippen LogP) is 5.44.